The van der Waals surface area contributed by atoms with Gasteiger partial charge in [0.15, 0.2) is 5.65 Å². The molecule has 0 radical (unpaired) electrons. The SMILES string of the molecule is C/C=C/C(N)=C/C(=NCC)C(=O)Nc1nc2cc(C(N)=O)cnc2n1CCOCCn1c(NC(=O)C(/C=C(N)/C=C/C)=NCC)nc2cc(C(N)=O)cc(OCCCN3CCOCC3)c21. The number of carbonyl (C=O) groups excluding carboxylic acids is 4. The molecule has 65 heavy (non-hydrogen) atoms. The second-order valence-corrected chi connectivity index (χ2v) is 14.5. The molecule has 0 aliphatic carbocycles. The largest absolute Gasteiger partial charge is 0.491 e. The van der Waals surface area contributed by atoms with Gasteiger partial charge >= 0.3 is 0 Å². The van der Waals surface area contributed by atoms with Gasteiger partial charge in [-0.25, -0.2) is 15.0 Å². The minimum atomic E-state index is -0.692. The molecule has 4 aromatic rings. The van der Waals surface area contributed by atoms with Gasteiger partial charge < -0.3 is 41.7 Å². The maximum atomic E-state index is 13.8. The van der Waals surface area contributed by atoms with Gasteiger partial charge in [-0.1, -0.05) is 12.2 Å². The molecular formula is C44H58N14O7. The van der Waals surface area contributed by atoms with Crippen molar-refractivity contribution < 1.29 is 33.4 Å². The Morgan fingerprint density at radius 1 is 0.754 bits per heavy atom. The van der Waals surface area contributed by atoms with Crippen LogP contribution in [0.2, 0.25) is 0 Å². The number of ether oxygens (including phenoxy) is 3. The van der Waals surface area contributed by atoms with E-state index in [1.807, 2.05) is 0 Å². The van der Waals surface area contributed by atoms with E-state index in [1.54, 1.807) is 67.2 Å². The summed E-state index contributed by atoms with van der Waals surface area (Å²) in [5, 5.41) is 5.67. The first-order valence-corrected chi connectivity index (χ1v) is 21.3. The summed E-state index contributed by atoms with van der Waals surface area (Å²) in [6.45, 7) is 12.4. The summed E-state index contributed by atoms with van der Waals surface area (Å²) in [7, 11) is 0. The van der Waals surface area contributed by atoms with Gasteiger partial charge in [-0.05, 0) is 76.6 Å². The number of primary amides is 2. The van der Waals surface area contributed by atoms with Crippen LogP contribution in [-0.2, 0) is 32.2 Å². The van der Waals surface area contributed by atoms with Crippen LogP contribution in [0.25, 0.3) is 22.2 Å². The molecule has 4 heterocycles. The zero-order valence-electron chi connectivity index (χ0n) is 37.2. The highest BCUT2D eigenvalue weighted by molar-refractivity contribution is 6.47. The van der Waals surface area contributed by atoms with E-state index in [1.165, 1.54) is 30.5 Å². The molecule has 0 atom stereocenters. The first kappa shape index (κ1) is 48.8. The smallest absolute Gasteiger partial charge is 0.276 e. The molecule has 21 nitrogen and oxygen atoms in total. The first-order valence-electron chi connectivity index (χ1n) is 21.3. The lowest BCUT2D eigenvalue weighted by atomic mass is 10.1. The van der Waals surface area contributed by atoms with Gasteiger partial charge in [0.05, 0.1) is 50.7 Å². The Bertz CT molecular complexity index is 2540. The molecule has 0 bridgehead atoms. The second kappa shape index (κ2) is 24.0. The third-order valence-electron chi connectivity index (χ3n) is 9.76. The Morgan fingerprint density at radius 2 is 1.31 bits per heavy atom. The Balaban J connectivity index is 1.44. The van der Waals surface area contributed by atoms with Crippen molar-refractivity contribution >= 4 is 69.1 Å². The number of morpholine rings is 1. The van der Waals surface area contributed by atoms with Crippen LogP contribution < -0.4 is 38.3 Å². The fourth-order valence-corrected chi connectivity index (χ4v) is 6.79. The van der Waals surface area contributed by atoms with Gasteiger partial charge in [0.1, 0.15) is 28.2 Å². The van der Waals surface area contributed by atoms with E-state index in [0.29, 0.717) is 78.7 Å². The van der Waals surface area contributed by atoms with Gasteiger partial charge in [0.2, 0.25) is 23.7 Å². The molecule has 1 aromatic carbocycles. The molecule has 3 aromatic heterocycles. The van der Waals surface area contributed by atoms with Crippen LogP contribution in [0.5, 0.6) is 5.75 Å². The summed E-state index contributed by atoms with van der Waals surface area (Å²) in [6.07, 6.45) is 11.7. The fraction of sp³-hybridized carbons (Fsp3) is 0.386. The maximum absolute atomic E-state index is 13.8. The van der Waals surface area contributed by atoms with E-state index >= 15 is 0 Å². The minimum absolute atomic E-state index is 0.0766. The number of aromatic nitrogens is 5. The van der Waals surface area contributed by atoms with E-state index < -0.39 is 23.6 Å². The number of benzene rings is 1. The summed E-state index contributed by atoms with van der Waals surface area (Å²) in [6, 6.07) is 4.58. The Hall–Kier alpha value is -7.23. The number of allylic oxidation sites excluding steroid dienone is 4. The molecule has 0 spiro atoms. The van der Waals surface area contributed by atoms with E-state index in [-0.39, 0.29) is 60.8 Å². The van der Waals surface area contributed by atoms with Gasteiger partial charge in [0.25, 0.3) is 11.8 Å². The van der Waals surface area contributed by atoms with Crippen LogP contribution in [0, 0.1) is 0 Å². The number of nitrogens with zero attached hydrogens (tertiary/aromatic N) is 8. The van der Waals surface area contributed by atoms with E-state index in [2.05, 4.69) is 35.5 Å². The van der Waals surface area contributed by atoms with E-state index in [4.69, 9.17) is 42.1 Å². The molecule has 346 valence electrons. The van der Waals surface area contributed by atoms with Crippen molar-refractivity contribution in [1.82, 2.24) is 29.0 Å². The lowest BCUT2D eigenvalue weighted by molar-refractivity contribution is -0.111. The quantitative estimate of drug-likeness (QED) is 0.0355. The Morgan fingerprint density at radius 3 is 1.88 bits per heavy atom. The first-order chi connectivity index (χ1) is 31.4. The zero-order chi connectivity index (χ0) is 46.9. The van der Waals surface area contributed by atoms with Crippen LogP contribution in [0.15, 0.2) is 82.2 Å². The Kier molecular flexibility index (Phi) is 18.0. The summed E-state index contributed by atoms with van der Waals surface area (Å²) in [4.78, 5) is 76.5. The number of aliphatic imine (C=N–C) groups is 2. The average Bonchev–Trinajstić information content (AvgIpc) is 3.80. The van der Waals surface area contributed by atoms with Crippen molar-refractivity contribution in [2.45, 2.75) is 47.2 Å². The number of nitrogens with one attached hydrogen (secondary N) is 2. The molecule has 1 aliphatic rings. The summed E-state index contributed by atoms with van der Waals surface area (Å²) < 4.78 is 21.4. The molecule has 21 heteroatoms. The van der Waals surface area contributed by atoms with Crippen molar-refractivity contribution in [1.29, 1.82) is 0 Å². The maximum Gasteiger partial charge on any atom is 0.276 e. The third kappa shape index (κ3) is 13.4. The number of carbonyl (C=O) groups is 4. The highest BCUT2D eigenvalue weighted by Gasteiger charge is 2.23. The van der Waals surface area contributed by atoms with E-state index in [9.17, 15) is 19.2 Å². The summed E-state index contributed by atoms with van der Waals surface area (Å²) >= 11 is 0. The number of hydrogen-bond acceptors (Lipinski definition) is 15. The molecule has 10 N–H and O–H groups in total. The van der Waals surface area contributed by atoms with Crippen molar-refractivity contribution in [3.63, 3.8) is 0 Å². The molecule has 4 amide bonds. The zero-order valence-corrected chi connectivity index (χ0v) is 37.2. The molecule has 5 rings (SSSR count). The standard InChI is InChI=1S/C44H58N14O7/c1-5-10-30(45)25-34(49-7-3)41(61)54-43-52-32-22-28(38(47)59)24-36(65-17-9-12-56-13-18-63-19-14-56)37(32)57(43)15-20-64-21-16-58-40-33(23-29(27-51-40)39(48)60)53-44(58)55-42(62)35(50-8-4)26-31(46)11-6-2/h5-6,10-11,22-27H,7-9,12-21,45-46H2,1-4H3,(H2,47,59)(H2,48,60)(H,52,54,61)(H,53,55,62)/b10-5+,11-6+,30-25-,31-26-,49-34?,50-35?. The molecule has 1 fully saturated rings. The summed E-state index contributed by atoms with van der Waals surface area (Å²) in [5.74, 6) is -1.93. The molecule has 0 saturated carbocycles. The molecule has 1 saturated heterocycles. The van der Waals surface area contributed by atoms with Crippen LogP contribution >= 0.6 is 0 Å². The van der Waals surface area contributed by atoms with Crippen LogP contribution in [0.3, 0.4) is 0 Å². The molecule has 0 unspecified atom stereocenters. The van der Waals surface area contributed by atoms with Crippen molar-refractivity contribution in [2.24, 2.45) is 32.9 Å². The van der Waals surface area contributed by atoms with Crippen LogP contribution in [0.4, 0.5) is 11.9 Å². The van der Waals surface area contributed by atoms with Gasteiger partial charge in [-0.15, -0.1) is 0 Å². The number of hydrogen-bond donors (Lipinski definition) is 6. The highest BCUT2D eigenvalue weighted by Crippen LogP contribution is 2.31. The monoisotopic (exact) mass is 894 g/mol. The lowest BCUT2D eigenvalue weighted by Gasteiger charge is -2.26. The highest BCUT2D eigenvalue weighted by atomic mass is 16.5. The average molecular weight is 895 g/mol. The molecular weight excluding hydrogens is 837 g/mol. The molecule has 1 aliphatic heterocycles. The van der Waals surface area contributed by atoms with Crippen molar-refractivity contribution in [3.05, 3.63) is 83.4 Å². The number of imidazole rings is 2. The number of anilines is 2. The predicted octanol–water partition coefficient (Wildman–Crippen LogP) is 2.43. The number of pyridine rings is 1. The second-order valence-electron chi connectivity index (χ2n) is 14.5. The number of amides is 4. The number of nitrogens with two attached hydrogens (primary N) is 4. The third-order valence-corrected chi connectivity index (χ3v) is 9.76. The number of rotatable bonds is 23. The van der Waals surface area contributed by atoms with Crippen LogP contribution in [-0.4, -0.2) is 130 Å². The van der Waals surface area contributed by atoms with Crippen molar-refractivity contribution in [2.75, 3.05) is 76.4 Å². The predicted molar refractivity (Wildman–Crippen MR) is 250 cm³/mol. The normalized spacial score (nSPS) is 14.5. The number of fused-ring (bicyclic) bond motifs is 2. The van der Waals surface area contributed by atoms with E-state index in [0.717, 1.165) is 19.6 Å². The van der Waals surface area contributed by atoms with Gasteiger partial charge in [-0.2, -0.15) is 0 Å². The van der Waals surface area contributed by atoms with Gasteiger partial charge in [0, 0.05) is 62.4 Å². The Labute approximate surface area is 376 Å². The fourth-order valence-electron chi connectivity index (χ4n) is 6.79. The lowest BCUT2D eigenvalue weighted by Crippen LogP contribution is -2.37. The van der Waals surface area contributed by atoms with Crippen LogP contribution in [0.1, 0.15) is 54.8 Å². The van der Waals surface area contributed by atoms with Crippen molar-refractivity contribution in [3.8, 4) is 5.75 Å². The summed E-state index contributed by atoms with van der Waals surface area (Å²) in [5.41, 5.74) is 26.1. The van der Waals surface area contributed by atoms with Gasteiger partial charge in [-0.3, -0.25) is 49.3 Å². The minimum Gasteiger partial charge on any atom is -0.491 e. The topological polar surface area (TPSA) is 301 Å².